The van der Waals surface area contributed by atoms with Crippen LogP contribution in [0.5, 0.6) is 0 Å². The minimum atomic E-state index is -0.346. The summed E-state index contributed by atoms with van der Waals surface area (Å²) < 4.78 is 13.3. The van der Waals surface area contributed by atoms with Crippen LogP contribution in [-0.2, 0) is 17.4 Å². The molecule has 0 saturated heterocycles. The number of halogens is 1. The van der Waals surface area contributed by atoms with Crippen LogP contribution in [0, 0.1) is 5.82 Å². The molecule has 5 heteroatoms. The number of amides is 1. The zero-order valence-corrected chi connectivity index (χ0v) is 9.74. The maximum Gasteiger partial charge on any atom is 0.220 e. The molecule has 0 bridgehead atoms. The van der Waals surface area contributed by atoms with Crippen molar-refractivity contribution in [2.75, 3.05) is 7.05 Å². The molecule has 1 atom stereocenters. The van der Waals surface area contributed by atoms with Crippen LogP contribution < -0.4 is 5.32 Å². The van der Waals surface area contributed by atoms with E-state index >= 15 is 0 Å². The molecule has 1 amide bonds. The van der Waals surface area contributed by atoms with Crippen molar-refractivity contribution < 1.29 is 9.18 Å². The molecule has 0 aromatic carbocycles. The van der Waals surface area contributed by atoms with E-state index in [0.717, 1.165) is 5.69 Å². The van der Waals surface area contributed by atoms with Crippen molar-refractivity contribution >= 4 is 15.1 Å². The fourth-order valence-corrected chi connectivity index (χ4v) is 1.40. The summed E-state index contributed by atoms with van der Waals surface area (Å²) in [6.45, 7) is 0. The number of aryl methyl sites for hydroxylation is 1. The van der Waals surface area contributed by atoms with Crippen molar-refractivity contribution in [2.45, 2.75) is 19.0 Å². The molecule has 1 heterocycles. The third-order valence-corrected chi connectivity index (χ3v) is 2.47. The van der Waals surface area contributed by atoms with Gasteiger partial charge < -0.3 is 5.32 Å². The molecule has 0 aliphatic rings. The molecule has 0 saturated carbocycles. The van der Waals surface area contributed by atoms with E-state index in [9.17, 15) is 9.18 Å². The molecule has 1 aromatic rings. The highest BCUT2D eigenvalue weighted by Crippen LogP contribution is 2.10. The average Bonchev–Trinajstić information content (AvgIpc) is 2.27. The van der Waals surface area contributed by atoms with Gasteiger partial charge in [-0.1, -0.05) is 0 Å². The lowest BCUT2D eigenvalue weighted by Crippen LogP contribution is -2.18. The summed E-state index contributed by atoms with van der Waals surface area (Å²) in [5.41, 5.74) is 1.17. The Hall–Kier alpha value is -1.02. The second-order valence-electron chi connectivity index (χ2n) is 3.11. The first-order valence-corrected chi connectivity index (χ1v) is 5.54. The molecule has 0 fully saturated rings. The largest absolute Gasteiger partial charge is 0.359 e. The van der Waals surface area contributed by atoms with E-state index in [4.69, 9.17) is 0 Å². The van der Waals surface area contributed by atoms with Gasteiger partial charge in [-0.2, -0.15) is 0 Å². The number of carbonyl (C=O) groups excluding carboxylic acids is 1. The van der Waals surface area contributed by atoms with Crippen LogP contribution >= 0.6 is 9.24 Å². The number of carbonyl (C=O) groups is 1. The lowest BCUT2D eigenvalue weighted by atomic mass is 10.2. The lowest BCUT2D eigenvalue weighted by Gasteiger charge is -2.04. The second-order valence-corrected chi connectivity index (χ2v) is 3.52. The van der Waals surface area contributed by atoms with Crippen molar-refractivity contribution in [1.29, 1.82) is 0 Å². The van der Waals surface area contributed by atoms with Crippen molar-refractivity contribution in [3.63, 3.8) is 0 Å². The molecule has 15 heavy (non-hydrogen) atoms. The van der Waals surface area contributed by atoms with E-state index in [1.165, 1.54) is 6.07 Å². The molecule has 1 rings (SSSR count). The molecule has 0 aliphatic carbocycles. The highest BCUT2D eigenvalue weighted by Gasteiger charge is 2.07. The van der Waals surface area contributed by atoms with Gasteiger partial charge in [0.2, 0.25) is 5.91 Å². The molecular weight excluding hydrogens is 214 g/mol. The average molecular weight is 228 g/mol. The quantitative estimate of drug-likeness (QED) is 0.788. The van der Waals surface area contributed by atoms with Crippen LogP contribution in [0.2, 0.25) is 0 Å². The van der Waals surface area contributed by atoms with Crippen LogP contribution in [-0.4, -0.2) is 17.9 Å². The Morgan fingerprint density at radius 3 is 2.93 bits per heavy atom. The van der Waals surface area contributed by atoms with Gasteiger partial charge in [0.25, 0.3) is 0 Å². The summed E-state index contributed by atoms with van der Waals surface area (Å²) in [5, 5.41) is 2.49. The zero-order chi connectivity index (χ0) is 11.3. The third-order valence-electron chi connectivity index (χ3n) is 2.05. The predicted octanol–water partition coefficient (Wildman–Crippen LogP) is 1.27. The van der Waals surface area contributed by atoms with Gasteiger partial charge in [-0.3, -0.25) is 9.78 Å². The maximum absolute atomic E-state index is 13.3. The highest BCUT2D eigenvalue weighted by molar-refractivity contribution is 7.15. The van der Waals surface area contributed by atoms with E-state index in [1.54, 1.807) is 13.1 Å². The second kappa shape index (κ2) is 5.76. The fraction of sp³-hybridized carbons (Fsp3) is 0.400. The molecule has 0 spiro atoms. The SMILES string of the molecule is CNC(=O)CCc1nc(CP)ccc1F. The molecule has 1 unspecified atom stereocenters. The van der Waals surface area contributed by atoms with E-state index < -0.39 is 0 Å². The monoisotopic (exact) mass is 228 g/mol. The molecule has 82 valence electrons. The lowest BCUT2D eigenvalue weighted by molar-refractivity contribution is -0.120. The van der Waals surface area contributed by atoms with Gasteiger partial charge in [-0.25, -0.2) is 4.39 Å². The van der Waals surface area contributed by atoms with Gasteiger partial charge in [0.15, 0.2) is 0 Å². The molecule has 1 aromatic heterocycles. The first-order chi connectivity index (χ1) is 7.17. The minimum absolute atomic E-state index is 0.104. The number of pyridine rings is 1. The van der Waals surface area contributed by atoms with Gasteiger partial charge in [-0.05, 0) is 12.1 Å². The minimum Gasteiger partial charge on any atom is -0.359 e. The molecule has 0 aliphatic heterocycles. The van der Waals surface area contributed by atoms with E-state index in [2.05, 4.69) is 19.5 Å². The normalized spacial score (nSPS) is 10.1. The van der Waals surface area contributed by atoms with Gasteiger partial charge >= 0.3 is 0 Å². The summed E-state index contributed by atoms with van der Waals surface area (Å²) in [6, 6.07) is 3.04. The smallest absolute Gasteiger partial charge is 0.220 e. The Kier molecular flexibility index (Phi) is 4.63. The number of nitrogens with one attached hydrogen (secondary N) is 1. The third kappa shape index (κ3) is 3.56. The van der Waals surface area contributed by atoms with Crippen LogP contribution in [0.25, 0.3) is 0 Å². The summed E-state index contributed by atoms with van der Waals surface area (Å²) in [5.74, 6) is -0.450. The molecular formula is C10H14FN2OP. The number of rotatable bonds is 4. The van der Waals surface area contributed by atoms with Crippen molar-refractivity contribution in [1.82, 2.24) is 10.3 Å². The first-order valence-electron chi connectivity index (χ1n) is 4.72. The number of hydrogen-bond acceptors (Lipinski definition) is 2. The first kappa shape index (κ1) is 12.1. The van der Waals surface area contributed by atoms with E-state index in [1.807, 2.05) is 0 Å². The van der Waals surface area contributed by atoms with Crippen LogP contribution in [0.3, 0.4) is 0 Å². The van der Waals surface area contributed by atoms with Crippen molar-refractivity contribution in [3.05, 3.63) is 29.3 Å². The standard InChI is InChI=1S/C10H14FN2OP/c1-12-10(14)5-4-9-8(11)3-2-7(6-15)13-9/h2-3H,4-6,15H2,1H3,(H,12,14). The summed E-state index contributed by atoms with van der Waals surface area (Å²) >= 11 is 0. The zero-order valence-electron chi connectivity index (χ0n) is 8.59. The van der Waals surface area contributed by atoms with Crippen LogP contribution in [0.4, 0.5) is 4.39 Å². The molecule has 0 radical (unpaired) electrons. The number of aromatic nitrogens is 1. The van der Waals surface area contributed by atoms with Gasteiger partial charge in [0, 0.05) is 31.7 Å². The van der Waals surface area contributed by atoms with Crippen LogP contribution in [0.15, 0.2) is 12.1 Å². The summed E-state index contributed by atoms with van der Waals surface area (Å²) in [6.07, 6.45) is 1.29. The maximum atomic E-state index is 13.3. The molecule has 3 nitrogen and oxygen atoms in total. The number of hydrogen-bond donors (Lipinski definition) is 1. The fourth-order valence-electron chi connectivity index (χ4n) is 1.18. The van der Waals surface area contributed by atoms with Crippen LogP contribution in [0.1, 0.15) is 17.8 Å². The van der Waals surface area contributed by atoms with E-state index in [0.29, 0.717) is 18.3 Å². The van der Waals surface area contributed by atoms with Gasteiger partial charge in [-0.15, -0.1) is 9.24 Å². The van der Waals surface area contributed by atoms with E-state index in [-0.39, 0.29) is 18.1 Å². The topological polar surface area (TPSA) is 42.0 Å². The number of nitrogens with zero attached hydrogens (tertiary/aromatic N) is 1. The Morgan fingerprint density at radius 2 is 2.33 bits per heavy atom. The highest BCUT2D eigenvalue weighted by atomic mass is 31.0. The molecule has 1 N–H and O–H groups in total. The Morgan fingerprint density at radius 1 is 1.60 bits per heavy atom. The Labute approximate surface area is 90.7 Å². The van der Waals surface area contributed by atoms with Crippen molar-refractivity contribution in [2.24, 2.45) is 0 Å². The summed E-state index contributed by atoms with van der Waals surface area (Å²) in [4.78, 5) is 15.1. The summed E-state index contributed by atoms with van der Waals surface area (Å²) in [7, 11) is 4.09. The Bertz CT molecular complexity index is 357. The predicted molar refractivity (Wildman–Crippen MR) is 60.0 cm³/mol. The van der Waals surface area contributed by atoms with Gasteiger partial charge in [0.05, 0.1) is 5.69 Å². The van der Waals surface area contributed by atoms with Gasteiger partial charge in [0.1, 0.15) is 5.82 Å². The Balaban J connectivity index is 2.70. The van der Waals surface area contributed by atoms with Crippen molar-refractivity contribution in [3.8, 4) is 0 Å².